The van der Waals surface area contributed by atoms with E-state index in [1.165, 1.54) is 4.88 Å². The molecule has 18 heteroatoms. The Balaban J connectivity index is 0.00000612. The van der Waals surface area contributed by atoms with Crippen LogP contribution in [0.2, 0.25) is 5.02 Å². The second kappa shape index (κ2) is 21.2. The van der Waals surface area contributed by atoms with Crippen LogP contribution in [0.25, 0.3) is 16.1 Å². The first kappa shape index (κ1) is 46.2. The molecule has 2 aliphatic heterocycles. The summed E-state index contributed by atoms with van der Waals surface area (Å²) in [6, 6.07) is 21.9. The number of carbonyl (C=O) groups is 2. The summed E-state index contributed by atoms with van der Waals surface area (Å²) in [4.78, 5) is 35.9. The number of carbonyl (C=O) groups excluding carboxylic acids is 2. The van der Waals surface area contributed by atoms with E-state index in [1.807, 2.05) is 54.0 Å². The van der Waals surface area contributed by atoms with E-state index in [-0.39, 0.29) is 31.7 Å². The molecule has 5 N–H and O–H groups in total. The maximum Gasteiger partial charge on any atom is 0.228 e. The van der Waals surface area contributed by atoms with Crippen LogP contribution in [0.1, 0.15) is 51.2 Å². The Morgan fingerprint density at radius 1 is 0.906 bits per heavy atom. The Bertz CT molecular complexity index is 2640. The summed E-state index contributed by atoms with van der Waals surface area (Å²) >= 11 is 7.91. The number of amides is 2. The molecule has 0 unspecified atom stereocenters. The van der Waals surface area contributed by atoms with Crippen LogP contribution in [0.5, 0.6) is 5.75 Å². The lowest BCUT2D eigenvalue weighted by Gasteiger charge is -2.14. The highest BCUT2D eigenvalue weighted by Crippen LogP contribution is 2.40. The van der Waals surface area contributed by atoms with Gasteiger partial charge in [-0.1, -0.05) is 29.8 Å². The number of nitrogens with two attached hydrogens (primary N) is 1. The Morgan fingerprint density at radius 2 is 1.61 bits per heavy atom. The molecule has 0 saturated carbocycles. The van der Waals surface area contributed by atoms with Crippen LogP contribution in [-0.4, -0.2) is 90.1 Å². The lowest BCUT2D eigenvalue weighted by atomic mass is 9.99. The quantitative estimate of drug-likeness (QED) is 0.0585. The number of aryl methyl sites for hydroxylation is 2. The SMILES string of the molecule is Cc1sc2c(c1C)C(c1ccc(Cl)cc1)=N[C@@H](CC(=O)Nc1ccc(OCCOCCOCCOCCNc3cc(N)ncc3-c3ccc4c(c3)CC(=O)N4)cc1)c1nnc(C)n1-2.S. The minimum absolute atomic E-state index is 0. The largest absolute Gasteiger partial charge is 0.491 e. The normalized spacial score (nSPS) is 13.8. The molecule has 0 bridgehead atoms. The van der Waals surface area contributed by atoms with Crippen molar-refractivity contribution in [2.24, 2.45) is 4.99 Å². The fourth-order valence-corrected chi connectivity index (χ4v) is 8.76. The van der Waals surface area contributed by atoms with Crippen LogP contribution in [-0.2, 0) is 30.2 Å². The summed E-state index contributed by atoms with van der Waals surface area (Å²) in [7, 11) is 0. The molecule has 64 heavy (non-hydrogen) atoms. The van der Waals surface area contributed by atoms with Gasteiger partial charge in [0, 0.05) is 62.5 Å². The number of halogens is 1. The van der Waals surface area contributed by atoms with Gasteiger partial charge in [0.1, 0.15) is 35.0 Å². The number of benzene rings is 3. The van der Waals surface area contributed by atoms with Gasteiger partial charge in [-0.05, 0) is 86.0 Å². The maximum atomic E-state index is 13.5. The number of hydrogen-bond donors (Lipinski definition) is 4. The van der Waals surface area contributed by atoms with Gasteiger partial charge in [0.05, 0.1) is 58.2 Å². The van der Waals surface area contributed by atoms with Crippen LogP contribution in [0.3, 0.4) is 0 Å². The highest BCUT2D eigenvalue weighted by atomic mass is 35.5. The minimum Gasteiger partial charge on any atom is -0.491 e. The number of thiophene rings is 1. The molecule has 15 nitrogen and oxygen atoms in total. The van der Waals surface area contributed by atoms with Crippen LogP contribution in [0.15, 0.2) is 84.0 Å². The number of aliphatic imine (C=N–C) groups is 1. The average molecular weight is 925 g/mol. The number of hydrogen-bond acceptors (Lipinski definition) is 13. The van der Waals surface area contributed by atoms with E-state index in [9.17, 15) is 9.59 Å². The first-order valence-electron chi connectivity index (χ1n) is 20.7. The molecule has 3 aromatic heterocycles. The van der Waals surface area contributed by atoms with E-state index >= 15 is 0 Å². The predicted molar refractivity (Wildman–Crippen MR) is 256 cm³/mol. The zero-order chi connectivity index (χ0) is 43.9. The highest BCUT2D eigenvalue weighted by molar-refractivity contribution is 7.59. The fraction of sp³-hybridized carbons (Fsp3) is 0.304. The van der Waals surface area contributed by atoms with Crippen molar-refractivity contribution >= 4 is 76.8 Å². The van der Waals surface area contributed by atoms with Crippen LogP contribution in [0.4, 0.5) is 22.9 Å². The van der Waals surface area contributed by atoms with Crippen molar-refractivity contribution in [2.75, 3.05) is 74.5 Å². The second-order valence-corrected chi connectivity index (χ2v) is 16.7. The summed E-state index contributed by atoms with van der Waals surface area (Å²) in [5.41, 5.74) is 15.0. The smallest absolute Gasteiger partial charge is 0.228 e. The Morgan fingerprint density at radius 3 is 2.36 bits per heavy atom. The first-order chi connectivity index (χ1) is 30.6. The summed E-state index contributed by atoms with van der Waals surface area (Å²) in [5.74, 6) is 2.21. The van der Waals surface area contributed by atoms with Crippen molar-refractivity contribution in [3.05, 3.63) is 123 Å². The van der Waals surface area contributed by atoms with Gasteiger partial charge in [0.2, 0.25) is 11.8 Å². The monoisotopic (exact) mass is 923 g/mol. The zero-order valence-corrected chi connectivity index (χ0v) is 38.3. The van der Waals surface area contributed by atoms with Crippen molar-refractivity contribution < 1.29 is 28.5 Å². The van der Waals surface area contributed by atoms with Gasteiger partial charge in [-0.3, -0.25) is 19.1 Å². The molecule has 2 amide bonds. The van der Waals surface area contributed by atoms with Crippen molar-refractivity contribution in [1.82, 2.24) is 19.7 Å². The van der Waals surface area contributed by atoms with Crippen LogP contribution < -0.4 is 26.4 Å². The third kappa shape index (κ3) is 10.9. The highest BCUT2D eigenvalue weighted by Gasteiger charge is 2.32. The molecular weight excluding hydrogens is 874 g/mol. The molecule has 0 saturated heterocycles. The molecule has 2 aliphatic rings. The fourth-order valence-electron chi connectivity index (χ4n) is 7.42. The third-order valence-corrected chi connectivity index (χ3v) is 12.1. The van der Waals surface area contributed by atoms with Crippen molar-refractivity contribution in [3.8, 4) is 21.9 Å². The summed E-state index contributed by atoms with van der Waals surface area (Å²) in [5, 5.41) is 19.8. The first-order valence-corrected chi connectivity index (χ1v) is 21.9. The Hall–Kier alpha value is -5.82. The number of nitrogens with one attached hydrogen (secondary N) is 3. The number of fused-ring (bicyclic) bond motifs is 4. The van der Waals surface area contributed by atoms with Crippen LogP contribution in [0, 0.1) is 20.8 Å². The van der Waals surface area contributed by atoms with E-state index in [0.717, 1.165) is 61.3 Å². The summed E-state index contributed by atoms with van der Waals surface area (Å²) in [6.45, 7) is 9.62. The number of nitrogen functional groups attached to an aromatic ring is 1. The number of nitrogens with zero attached hydrogens (tertiary/aromatic N) is 5. The number of ether oxygens (including phenoxy) is 4. The van der Waals surface area contributed by atoms with Gasteiger partial charge in [0.25, 0.3) is 0 Å². The maximum absolute atomic E-state index is 13.5. The minimum atomic E-state index is -0.574. The standard InChI is InChI=1S/C46H48ClN9O6S.H2S/c1-27-28(2)63-46-43(27)44(30-4-7-33(47)8-5-30)53-39(45-55-54-29(3)56(45)46)25-42(58)51-34-9-11-35(12-10-34)62-21-20-61-19-18-60-17-16-59-15-14-49-38-24-40(48)50-26-36(38)31-6-13-37-32(22-31)23-41(57)52-37;/h4-13,22,24,26,39H,14-21,23,25H2,1-3H3,(H,51,58)(H,52,57)(H3,48,49,50);1H2/t39-;/m0./s1. The lowest BCUT2D eigenvalue weighted by Crippen LogP contribution is -2.17. The molecule has 3 aromatic carbocycles. The van der Waals surface area contributed by atoms with Crippen LogP contribution >= 0.6 is 36.4 Å². The number of rotatable bonds is 19. The molecule has 0 fully saturated rings. The molecule has 1 atom stereocenters. The van der Waals surface area contributed by atoms with Gasteiger partial charge in [-0.25, -0.2) is 4.98 Å². The molecule has 334 valence electrons. The van der Waals surface area contributed by atoms with Crippen molar-refractivity contribution in [2.45, 2.75) is 39.7 Å². The number of aromatic nitrogens is 4. The van der Waals surface area contributed by atoms with E-state index in [2.05, 4.69) is 45.0 Å². The van der Waals surface area contributed by atoms with Gasteiger partial charge in [-0.15, -0.1) is 21.5 Å². The van der Waals surface area contributed by atoms with Gasteiger partial charge in [-0.2, -0.15) is 13.5 Å². The van der Waals surface area contributed by atoms with Gasteiger partial charge in [0.15, 0.2) is 5.82 Å². The Labute approximate surface area is 387 Å². The average Bonchev–Trinajstić information content (AvgIpc) is 3.91. The topological polar surface area (TPSA) is 189 Å². The predicted octanol–water partition coefficient (Wildman–Crippen LogP) is 7.62. The third-order valence-electron chi connectivity index (χ3n) is 10.6. The van der Waals surface area contributed by atoms with E-state index in [1.54, 1.807) is 47.9 Å². The molecule has 8 rings (SSSR count). The zero-order valence-electron chi connectivity index (χ0n) is 35.7. The van der Waals surface area contributed by atoms with E-state index in [4.69, 9.17) is 41.3 Å². The van der Waals surface area contributed by atoms with E-state index in [0.29, 0.717) is 87.3 Å². The van der Waals surface area contributed by atoms with Gasteiger partial charge >= 0.3 is 0 Å². The Kier molecular flexibility index (Phi) is 15.3. The van der Waals surface area contributed by atoms with Crippen molar-refractivity contribution in [3.63, 3.8) is 0 Å². The number of anilines is 4. The summed E-state index contributed by atoms with van der Waals surface area (Å²) in [6.07, 6.45) is 2.17. The van der Waals surface area contributed by atoms with Gasteiger partial charge < -0.3 is 40.6 Å². The lowest BCUT2D eigenvalue weighted by molar-refractivity contribution is -0.117. The molecule has 5 heterocycles. The number of pyridine rings is 1. The van der Waals surface area contributed by atoms with Crippen molar-refractivity contribution in [1.29, 1.82) is 0 Å². The summed E-state index contributed by atoms with van der Waals surface area (Å²) < 4.78 is 24.9. The molecule has 6 aromatic rings. The molecule has 0 spiro atoms. The second-order valence-electron chi connectivity index (χ2n) is 15.0. The molecule has 0 aliphatic carbocycles. The van der Waals surface area contributed by atoms with E-state index < -0.39 is 6.04 Å². The molecular formula is C46H50ClN9O6S2. The molecule has 0 radical (unpaired) electrons.